The van der Waals surface area contributed by atoms with E-state index in [4.69, 9.17) is 11.6 Å². The van der Waals surface area contributed by atoms with Crippen LogP contribution in [0.2, 0.25) is 5.02 Å². The molecule has 2 amide bonds. The first-order valence-corrected chi connectivity index (χ1v) is 8.32. The van der Waals surface area contributed by atoms with Crippen molar-refractivity contribution in [2.24, 2.45) is 0 Å². The number of unbranched alkanes of at least 4 members (excludes halogenated alkanes) is 1. The zero-order valence-electron chi connectivity index (χ0n) is 13.0. The maximum atomic E-state index is 12.4. The summed E-state index contributed by atoms with van der Waals surface area (Å²) in [7, 11) is 0. The molecule has 1 saturated heterocycles. The number of amides is 2. The van der Waals surface area contributed by atoms with Crippen LogP contribution in [0.5, 0.6) is 0 Å². The van der Waals surface area contributed by atoms with Crippen molar-refractivity contribution in [2.45, 2.75) is 45.1 Å². The lowest BCUT2D eigenvalue weighted by atomic mass is 10.0. The molecular formula is C17H23ClN2O2. The molecule has 1 aliphatic heterocycles. The van der Waals surface area contributed by atoms with Crippen molar-refractivity contribution in [2.75, 3.05) is 13.1 Å². The van der Waals surface area contributed by atoms with Gasteiger partial charge in [-0.05, 0) is 43.5 Å². The molecule has 5 heteroatoms. The fraction of sp³-hybridized carbons (Fsp3) is 0.529. The Morgan fingerprint density at radius 1 is 1.23 bits per heavy atom. The molecule has 0 radical (unpaired) electrons. The summed E-state index contributed by atoms with van der Waals surface area (Å²) in [5.74, 6) is 0.164. The number of rotatable bonds is 5. The highest BCUT2D eigenvalue weighted by atomic mass is 35.5. The average Bonchev–Trinajstić information content (AvgIpc) is 2.54. The molecule has 1 N–H and O–H groups in total. The lowest BCUT2D eigenvalue weighted by molar-refractivity contribution is -0.122. The first-order chi connectivity index (χ1) is 10.6. The summed E-state index contributed by atoms with van der Waals surface area (Å²) in [5.41, 5.74) is 0.662. The molecule has 22 heavy (non-hydrogen) atoms. The number of carbonyl (C=O) groups excluding carboxylic acids is 2. The summed E-state index contributed by atoms with van der Waals surface area (Å²) in [6.45, 7) is 3.44. The van der Waals surface area contributed by atoms with E-state index in [1.54, 1.807) is 24.3 Å². The first kappa shape index (κ1) is 16.8. The number of halogens is 1. The van der Waals surface area contributed by atoms with Gasteiger partial charge in [-0.2, -0.15) is 0 Å². The van der Waals surface area contributed by atoms with E-state index in [0.717, 1.165) is 25.7 Å². The van der Waals surface area contributed by atoms with E-state index in [9.17, 15) is 9.59 Å². The van der Waals surface area contributed by atoms with E-state index >= 15 is 0 Å². The molecule has 1 heterocycles. The molecule has 0 bridgehead atoms. The summed E-state index contributed by atoms with van der Waals surface area (Å²) in [4.78, 5) is 26.0. The van der Waals surface area contributed by atoms with E-state index in [2.05, 4.69) is 12.2 Å². The molecule has 1 aromatic rings. The SMILES string of the molecule is CCCCC(=O)NC1CCN(C(=O)c2ccc(Cl)cc2)CC1. The Balaban J connectivity index is 1.80. The van der Waals surface area contributed by atoms with Crippen molar-refractivity contribution in [3.05, 3.63) is 34.9 Å². The molecule has 0 unspecified atom stereocenters. The van der Waals surface area contributed by atoms with E-state index < -0.39 is 0 Å². The van der Waals surface area contributed by atoms with Gasteiger partial charge in [0.15, 0.2) is 0 Å². The van der Waals surface area contributed by atoms with E-state index in [0.29, 0.717) is 30.1 Å². The minimum Gasteiger partial charge on any atom is -0.353 e. The highest BCUT2D eigenvalue weighted by molar-refractivity contribution is 6.30. The van der Waals surface area contributed by atoms with Crippen molar-refractivity contribution in [3.8, 4) is 0 Å². The van der Waals surface area contributed by atoms with Crippen molar-refractivity contribution in [1.29, 1.82) is 0 Å². The van der Waals surface area contributed by atoms with Crippen LogP contribution in [0.15, 0.2) is 24.3 Å². The Kier molecular flexibility index (Phi) is 6.25. The molecule has 4 nitrogen and oxygen atoms in total. The van der Waals surface area contributed by atoms with Crippen LogP contribution in [-0.2, 0) is 4.79 Å². The fourth-order valence-corrected chi connectivity index (χ4v) is 2.77. The van der Waals surface area contributed by atoms with Gasteiger partial charge >= 0.3 is 0 Å². The molecule has 1 fully saturated rings. The highest BCUT2D eigenvalue weighted by Gasteiger charge is 2.24. The summed E-state index contributed by atoms with van der Waals surface area (Å²) >= 11 is 5.84. The summed E-state index contributed by atoms with van der Waals surface area (Å²) in [6.07, 6.45) is 4.19. The van der Waals surface area contributed by atoms with Gasteiger partial charge in [0.05, 0.1) is 0 Å². The molecule has 1 aromatic carbocycles. The number of nitrogens with one attached hydrogen (secondary N) is 1. The van der Waals surface area contributed by atoms with Gasteiger partial charge in [-0.1, -0.05) is 24.9 Å². The summed E-state index contributed by atoms with van der Waals surface area (Å²) < 4.78 is 0. The summed E-state index contributed by atoms with van der Waals surface area (Å²) in [5, 5.41) is 3.70. The zero-order valence-corrected chi connectivity index (χ0v) is 13.7. The number of hydrogen-bond acceptors (Lipinski definition) is 2. The van der Waals surface area contributed by atoms with Crippen LogP contribution in [0.1, 0.15) is 49.4 Å². The molecule has 1 aliphatic rings. The molecule has 0 spiro atoms. The maximum Gasteiger partial charge on any atom is 0.253 e. The van der Waals surface area contributed by atoms with Gasteiger partial charge in [0.1, 0.15) is 0 Å². The predicted molar refractivity (Wildman–Crippen MR) is 88.0 cm³/mol. The Bertz CT molecular complexity index is 508. The zero-order chi connectivity index (χ0) is 15.9. The topological polar surface area (TPSA) is 49.4 Å². The second kappa shape index (κ2) is 8.18. The fourth-order valence-electron chi connectivity index (χ4n) is 2.64. The monoisotopic (exact) mass is 322 g/mol. The smallest absolute Gasteiger partial charge is 0.253 e. The van der Waals surface area contributed by atoms with Gasteiger partial charge in [-0.15, -0.1) is 0 Å². The third kappa shape index (κ3) is 4.73. The Morgan fingerprint density at radius 2 is 1.86 bits per heavy atom. The van der Waals surface area contributed by atoms with Crippen molar-refractivity contribution >= 4 is 23.4 Å². The minimum atomic E-state index is 0.0347. The first-order valence-electron chi connectivity index (χ1n) is 7.94. The van der Waals surface area contributed by atoms with Gasteiger partial charge < -0.3 is 10.2 Å². The van der Waals surface area contributed by atoms with Crippen LogP contribution in [0.4, 0.5) is 0 Å². The van der Waals surface area contributed by atoms with Gasteiger partial charge in [0, 0.05) is 36.1 Å². The largest absolute Gasteiger partial charge is 0.353 e. The minimum absolute atomic E-state index is 0.0347. The van der Waals surface area contributed by atoms with Gasteiger partial charge in [-0.3, -0.25) is 9.59 Å². The number of benzene rings is 1. The molecule has 0 aliphatic carbocycles. The average molecular weight is 323 g/mol. The number of nitrogens with zero attached hydrogens (tertiary/aromatic N) is 1. The predicted octanol–water partition coefficient (Wildman–Crippen LogP) is 3.25. The normalized spacial score (nSPS) is 15.6. The van der Waals surface area contributed by atoms with Crippen molar-refractivity contribution in [3.63, 3.8) is 0 Å². The van der Waals surface area contributed by atoms with E-state index in [-0.39, 0.29) is 17.9 Å². The molecule has 0 saturated carbocycles. The highest BCUT2D eigenvalue weighted by Crippen LogP contribution is 2.16. The Morgan fingerprint density at radius 3 is 2.45 bits per heavy atom. The number of piperidine rings is 1. The van der Waals surface area contributed by atoms with Crippen molar-refractivity contribution < 1.29 is 9.59 Å². The van der Waals surface area contributed by atoms with Gasteiger partial charge in [0.25, 0.3) is 5.91 Å². The molecule has 120 valence electrons. The number of likely N-dealkylation sites (tertiary alicyclic amines) is 1. The number of carbonyl (C=O) groups is 2. The molecule has 2 rings (SSSR count). The summed E-state index contributed by atoms with van der Waals surface area (Å²) in [6, 6.07) is 7.16. The van der Waals surface area contributed by atoms with Gasteiger partial charge in [0.2, 0.25) is 5.91 Å². The second-order valence-corrected chi connectivity index (χ2v) is 6.18. The van der Waals surface area contributed by atoms with Crippen LogP contribution >= 0.6 is 11.6 Å². The molecular weight excluding hydrogens is 300 g/mol. The Labute approximate surface area is 136 Å². The van der Waals surface area contributed by atoms with Crippen LogP contribution in [-0.4, -0.2) is 35.8 Å². The quantitative estimate of drug-likeness (QED) is 0.904. The van der Waals surface area contributed by atoms with E-state index in [1.165, 1.54) is 0 Å². The Hall–Kier alpha value is -1.55. The van der Waals surface area contributed by atoms with Crippen LogP contribution in [0.3, 0.4) is 0 Å². The van der Waals surface area contributed by atoms with Crippen molar-refractivity contribution in [1.82, 2.24) is 10.2 Å². The molecule has 0 atom stereocenters. The number of hydrogen-bond donors (Lipinski definition) is 1. The standard InChI is InChI=1S/C17H23ClN2O2/c1-2-3-4-16(21)19-15-9-11-20(12-10-15)17(22)13-5-7-14(18)8-6-13/h5-8,15H,2-4,9-12H2,1H3,(H,19,21). The van der Waals surface area contributed by atoms with Crippen LogP contribution < -0.4 is 5.32 Å². The van der Waals surface area contributed by atoms with Gasteiger partial charge in [-0.25, -0.2) is 0 Å². The second-order valence-electron chi connectivity index (χ2n) is 5.74. The maximum absolute atomic E-state index is 12.4. The lowest BCUT2D eigenvalue weighted by Gasteiger charge is -2.32. The van der Waals surface area contributed by atoms with E-state index in [1.807, 2.05) is 4.90 Å². The third-order valence-electron chi connectivity index (χ3n) is 4.00. The lowest BCUT2D eigenvalue weighted by Crippen LogP contribution is -2.46. The molecule has 0 aromatic heterocycles. The van der Waals surface area contributed by atoms with Crippen LogP contribution in [0.25, 0.3) is 0 Å². The van der Waals surface area contributed by atoms with Crippen LogP contribution in [0, 0.1) is 0 Å². The third-order valence-corrected chi connectivity index (χ3v) is 4.25.